The first-order valence-electron chi connectivity index (χ1n) is 7.04. The predicted molar refractivity (Wildman–Crippen MR) is 103 cm³/mol. The Kier molecular flexibility index (Phi) is 6.04. The van der Waals surface area contributed by atoms with E-state index in [2.05, 4.69) is 4.72 Å². The van der Waals surface area contributed by atoms with E-state index >= 15 is 0 Å². The molecule has 5 nitrogen and oxygen atoms in total. The van der Waals surface area contributed by atoms with Gasteiger partial charge in [-0.05, 0) is 18.2 Å². The van der Waals surface area contributed by atoms with Gasteiger partial charge in [0.25, 0.3) is 0 Å². The van der Waals surface area contributed by atoms with E-state index < -0.39 is 10.0 Å². The van der Waals surface area contributed by atoms with Gasteiger partial charge in [-0.15, -0.1) is 11.3 Å². The SMILES string of the molecule is CN(C)c1cccc(N(C)C)c1CNS(=O)(=O)c1cc(Cl)sc1Cl. The lowest BCUT2D eigenvalue weighted by Crippen LogP contribution is -2.26. The maximum atomic E-state index is 12.5. The predicted octanol–water partition coefficient (Wildman–Crippen LogP) is 3.67. The fourth-order valence-electron chi connectivity index (χ4n) is 2.34. The first-order chi connectivity index (χ1) is 11.1. The third-order valence-corrected chi connectivity index (χ3v) is 6.60. The first-order valence-corrected chi connectivity index (χ1v) is 10.1. The molecule has 0 aliphatic carbocycles. The number of nitrogens with zero attached hydrogens (tertiary/aromatic N) is 2. The molecule has 0 atom stereocenters. The molecule has 0 saturated carbocycles. The van der Waals surface area contributed by atoms with Crippen molar-refractivity contribution in [1.82, 2.24) is 4.72 Å². The summed E-state index contributed by atoms with van der Waals surface area (Å²) in [4.78, 5) is 3.91. The molecule has 0 spiro atoms. The maximum absolute atomic E-state index is 12.5. The Balaban J connectivity index is 2.36. The molecule has 0 unspecified atom stereocenters. The van der Waals surface area contributed by atoms with Crippen molar-refractivity contribution in [2.24, 2.45) is 0 Å². The van der Waals surface area contributed by atoms with E-state index in [9.17, 15) is 8.42 Å². The summed E-state index contributed by atoms with van der Waals surface area (Å²) < 4.78 is 28.2. The van der Waals surface area contributed by atoms with Crippen LogP contribution in [0, 0.1) is 0 Å². The molecular weight excluding hydrogens is 389 g/mol. The summed E-state index contributed by atoms with van der Waals surface area (Å²) in [6.07, 6.45) is 0. The topological polar surface area (TPSA) is 52.6 Å². The van der Waals surface area contributed by atoms with Crippen LogP contribution < -0.4 is 14.5 Å². The van der Waals surface area contributed by atoms with Crippen LogP contribution in [0.3, 0.4) is 0 Å². The molecule has 0 amide bonds. The van der Waals surface area contributed by atoms with Crippen molar-refractivity contribution in [3.63, 3.8) is 0 Å². The highest BCUT2D eigenvalue weighted by Gasteiger charge is 2.22. The maximum Gasteiger partial charge on any atom is 0.243 e. The highest BCUT2D eigenvalue weighted by Crippen LogP contribution is 2.35. The molecule has 9 heteroatoms. The van der Waals surface area contributed by atoms with E-state index in [1.54, 1.807) is 0 Å². The quantitative estimate of drug-likeness (QED) is 0.793. The number of nitrogens with one attached hydrogen (secondary N) is 1. The number of hydrogen-bond acceptors (Lipinski definition) is 5. The third-order valence-electron chi connectivity index (χ3n) is 3.44. The standard InChI is InChI=1S/C15H19Cl2N3O2S2/c1-19(2)11-6-5-7-12(20(3)4)10(11)9-18-24(21,22)13-8-14(16)23-15(13)17/h5-8,18H,9H2,1-4H3. The van der Waals surface area contributed by atoms with Crippen molar-refractivity contribution in [3.05, 3.63) is 38.5 Å². The van der Waals surface area contributed by atoms with Gasteiger partial charge in [0, 0.05) is 51.7 Å². The Morgan fingerprint density at radius 3 is 2.04 bits per heavy atom. The second-order valence-electron chi connectivity index (χ2n) is 5.58. The molecule has 0 fully saturated rings. The van der Waals surface area contributed by atoms with Gasteiger partial charge >= 0.3 is 0 Å². The molecule has 0 bridgehead atoms. The van der Waals surface area contributed by atoms with Crippen molar-refractivity contribution in [1.29, 1.82) is 0 Å². The fraction of sp³-hybridized carbons (Fsp3) is 0.333. The molecule has 0 aliphatic heterocycles. The fourth-order valence-corrected chi connectivity index (χ4v) is 5.48. The van der Waals surface area contributed by atoms with E-state index in [0.717, 1.165) is 28.3 Å². The zero-order valence-corrected chi connectivity index (χ0v) is 16.9. The molecule has 1 aromatic carbocycles. The lowest BCUT2D eigenvalue weighted by atomic mass is 10.1. The van der Waals surface area contributed by atoms with Crippen LogP contribution in [-0.2, 0) is 16.6 Å². The molecule has 132 valence electrons. The first kappa shape index (κ1) is 19.3. The normalized spacial score (nSPS) is 11.6. The van der Waals surface area contributed by atoms with Gasteiger partial charge in [-0.3, -0.25) is 0 Å². The largest absolute Gasteiger partial charge is 0.377 e. The molecule has 0 aliphatic rings. The monoisotopic (exact) mass is 407 g/mol. The summed E-state index contributed by atoms with van der Waals surface area (Å²) >= 11 is 12.9. The van der Waals surface area contributed by atoms with Crippen LogP contribution in [0.15, 0.2) is 29.2 Å². The van der Waals surface area contributed by atoms with Gasteiger partial charge in [0.2, 0.25) is 10.0 Å². The van der Waals surface area contributed by atoms with E-state index in [1.165, 1.54) is 6.07 Å². The lowest BCUT2D eigenvalue weighted by molar-refractivity contribution is 0.582. The number of benzene rings is 1. The number of anilines is 2. The van der Waals surface area contributed by atoms with Gasteiger partial charge in [-0.1, -0.05) is 29.3 Å². The molecule has 0 saturated heterocycles. The summed E-state index contributed by atoms with van der Waals surface area (Å²) in [6, 6.07) is 7.20. The van der Waals surface area contributed by atoms with Gasteiger partial charge in [-0.25, -0.2) is 13.1 Å². The van der Waals surface area contributed by atoms with Crippen molar-refractivity contribution < 1.29 is 8.42 Å². The highest BCUT2D eigenvalue weighted by molar-refractivity contribution is 7.89. The van der Waals surface area contributed by atoms with Gasteiger partial charge in [-0.2, -0.15) is 0 Å². The van der Waals surface area contributed by atoms with Crippen LogP contribution in [0.25, 0.3) is 0 Å². The minimum absolute atomic E-state index is 0.00732. The molecule has 1 aromatic heterocycles. The van der Waals surface area contributed by atoms with E-state index in [4.69, 9.17) is 23.2 Å². The molecule has 2 rings (SSSR count). The average Bonchev–Trinajstić information content (AvgIpc) is 2.84. The van der Waals surface area contributed by atoms with Crippen LogP contribution in [0.4, 0.5) is 11.4 Å². The Morgan fingerprint density at radius 2 is 1.62 bits per heavy atom. The van der Waals surface area contributed by atoms with Gasteiger partial charge in [0.15, 0.2) is 0 Å². The van der Waals surface area contributed by atoms with Crippen molar-refractivity contribution in [2.75, 3.05) is 38.0 Å². The summed E-state index contributed by atoms with van der Waals surface area (Å²) in [5, 5.41) is 0. The zero-order valence-electron chi connectivity index (χ0n) is 13.8. The Labute approximate surface area is 156 Å². The number of thiophene rings is 1. The molecule has 24 heavy (non-hydrogen) atoms. The summed E-state index contributed by atoms with van der Waals surface area (Å²) in [7, 11) is 3.93. The minimum Gasteiger partial charge on any atom is -0.377 e. The highest BCUT2D eigenvalue weighted by atomic mass is 35.5. The van der Waals surface area contributed by atoms with Crippen LogP contribution in [0.1, 0.15) is 5.56 Å². The second-order valence-corrected chi connectivity index (χ2v) is 9.60. The van der Waals surface area contributed by atoms with Crippen molar-refractivity contribution >= 4 is 55.9 Å². The number of rotatable bonds is 6. The smallest absolute Gasteiger partial charge is 0.243 e. The summed E-state index contributed by atoms with van der Waals surface area (Å²) in [5.74, 6) is 0. The van der Waals surface area contributed by atoms with Gasteiger partial charge < -0.3 is 9.80 Å². The van der Waals surface area contributed by atoms with E-state index in [0.29, 0.717) is 4.34 Å². The average molecular weight is 408 g/mol. The number of sulfonamides is 1. The molecule has 0 radical (unpaired) electrons. The molecular formula is C15H19Cl2N3O2S2. The second kappa shape index (κ2) is 7.49. The van der Waals surface area contributed by atoms with Crippen LogP contribution in [-0.4, -0.2) is 36.6 Å². The van der Waals surface area contributed by atoms with Crippen LogP contribution >= 0.6 is 34.5 Å². The van der Waals surface area contributed by atoms with Crippen LogP contribution in [0.5, 0.6) is 0 Å². The number of hydrogen-bond donors (Lipinski definition) is 1. The Bertz CT molecular complexity index is 807. The lowest BCUT2D eigenvalue weighted by Gasteiger charge is -2.24. The van der Waals surface area contributed by atoms with Crippen molar-refractivity contribution in [2.45, 2.75) is 11.4 Å². The minimum atomic E-state index is -3.75. The van der Waals surface area contributed by atoms with E-state index in [1.807, 2.05) is 56.2 Å². The zero-order chi connectivity index (χ0) is 18.1. The van der Waals surface area contributed by atoms with Gasteiger partial charge in [0.1, 0.15) is 9.23 Å². The molecule has 1 heterocycles. The Hall–Kier alpha value is -0.990. The Morgan fingerprint density at radius 1 is 1.08 bits per heavy atom. The third kappa shape index (κ3) is 4.15. The molecule has 2 aromatic rings. The van der Waals surface area contributed by atoms with Gasteiger partial charge in [0.05, 0.1) is 4.34 Å². The summed E-state index contributed by atoms with van der Waals surface area (Å²) in [6.45, 7) is 0.147. The molecule has 1 N–H and O–H groups in total. The summed E-state index contributed by atoms with van der Waals surface area (Å²) in [5.41, 5.74) is 2.77. The van der Waals surface area contributed by atoms with Crippen LogP contribution in [0.2, 0.25) is 8.67 Å². The number of halogens is 2. The van der Waals surface area contributed by atoms with Crippen molar-refractivity contribution in [3.8, 4) is 0 Å². The van der Waals surface area contributed by atoms with E-state index in [-0.39, 0.29) is 15.8 Å².